The first-order chi connectivity index (χ1) is 8.33. The van der Waals surface area contributed by atoms with E-state index in [1.165, 1.54) is 31.4 Å². The molecule has 3 nitrogen and oxygen atoms in total. The van der Waals surface area contributed by atoms with Gasteiger partial charge in [-0.25, -0.2) is 9.97 Å². The highest BCUT2D eigenvalue weighted by Crippen LogP contribution is 2.33. The first kappa shape index (κ1) is 12.3. The van der Waals surface area contributed by atoms with E-state index in [1.54, 1.807) is 0 Å². The summed E-state index contributed by atoms with van der Waals surface area (Å²) < 4.78 is 0. The average molecular weight is 233 g/mol. The molecule has 0 radical (unpaired) electrons. The van der Waals surface area contributed by atoms with Crippen molar-refractivity contribution in [3.63, 3.8) is 0 Å². The van der Waals surface area contributed by atoms with Gasteiger partial charge in [-0.2, -0.15) is 0 Å². The van der Waals surface area contributed by atoms with E-state index in [0.29, 0.717) is 5.92 Å². The van der Waals surface area contributed by atoms with Crippen LogP contribution in [0.2, 0.25) is 0 Å². The lowest BCUT2D eigenvalue weighted by atomic mass is 10.0. The highest BCUT2D eigenvalue weighted by Gasteiger charge is 2.19. The summed E-state index contributed by atoms with van der Waals surface area (Å²) in [7, 11) is 0. The van der Waals surface area contributed by atoms with Gasteiger partial charge in [0.25, 0.3) is 0 Å². The molecule has 0 bridgehead atoms. The number of aromatic nitrogens is 2. The first-order valence-corrected chi connectivity index (χ1v) is 6.95. The lowest BCUT2D eigenvalue weighted by Gasteiger charge is -2.12. The molecule has 17 heavy (non-hydrogen) atoms. The Morgan fingerprint density at radius 2 is 2.00 bits per heavy atom. The maximum atomic E-state index is 4.69. The van der Waals surface area contributed by atoms with Crippen LogP contribution >= 0.6 is 0 Å². The van der Waals surface area contributed by atoms with Crippen molar-refractivity contribution >= 4 is 5.82 Å². The van der Waals surface area contributed by atoms with E-state index in [-0.39, 0.29) is 0 Å². The zero-order valence-corrected chi connectivity index (χ0v) is 11.0. The minimum Gasteiger partial charge on any atom is -0.370 e. The van der Waals surface area contributed by atoms with Gasteiger partial charge in [-0.15, -0.1) is 0 Å². The molecule has 0 saturated heterocycles. The summed E-state index contributed by atoms with van der Waals surface area (Å²) in [4.78, 5) is 9.23. The second-order valence-electron chi connectivity index (χ2n) is 4.86. The van der Waals surface area contributed by atoms with E-state index in [1.807, 2.05) is 0 Å². The third kappa shape index (κ3) is 3.18. The van der Waals surface area contributed by atoms with Crippen LogP contribution in [0.5, 0.6) is 0 Å². The van der Waals surface area contributed by atoms with Crippen molar-refractivity contribution in [1.29, 1.82) is 0 Å². The predicted molar refractivity (Wildman–Crippen MR) is 71.4 cm³/mol. The quantitative estimate of drug-likeness (QED) is 0.845. The van der Waals surface area contributed by atoms with Gasteiger partial charge < -0.3 is 5.32 Å². The molecule has 3 heteroatoms. The molecule has 0 spiro atoms. The molecule has 2 rings (SSSR count). The van der Waals surface area contributed by atoms with Gasteiger partial charge in [0, 0.05) is 30.6 Å². The molecule has 0 aromatic carbocycles. The maximum absolute atomic E-state index is 4.69. The fraction of sp³-hybridized carbons (Fsp3) is 0.714. The van der Waals surface area contributed by atoms with Crippen molar-refractivity contribution < 1.29 is 0 Å². The summed E-state index contributed by atoms with van der Waals surface area (Å²) in [6.45, 7) is 5.29. The number of hydrogen-bond acceptors (Lipinski definition) is 3. The molecule has 1 aliphatic carbocycles. The number of anilines is 1. The van der Waals surface area contributed by atoms with Gasteiger partial charge in [0.2, 0.25) is 0 Å². The van der Waals surface area contributed by atoms with Crippen molar-refractivity contribution in [3.05, 3.63) is 17.6 Å². The molecule has 1 aliphatic rings. The minimum absolute atomic E-state index is 0.672. The maximum Gasteiger partial charge on any atom is 0.130 e. The minimum atomic E-state index is 0.672. The Labute approximate surface area is 104 Å². The van der Waals surface area contributed by atoms with E-state index < -0.39 is 0 Å². The number of hydrogen-bond donors (Lipinski definition) is 1. The molecule has 1 N–H and O–H groups in total. The highest BCUT2D eigenvalue weighted by atomic mass is 15.0. The standard InChI is InChI=1S/C14H23N3/c1-3-9-15-14-10-12(11-7-5-6-8-11)16-13(4-2)17-14/h10-11H,3-9H2,1-2H3,(H,15,16,17). The van der Waals surface area contributed by atoms with Crippen molar-refractivity contribution in [3.8, 4) is 0 Å². The second kappa shape index (κ2) is 5.99. The number of aryl methyl sites for hydroxylation is 1. The Morgan fingerprint density at radius 1 is 1.24 bits per heavy atom. The van der Waals surface area contributed by atoms with E-state index in [2.05, 4.69) is 30.2 Å². The normalized spacial score (nSPS) is 16.4. The van der Waals surface area contributed by atoms with Crippen molar-refractivity contribution in [1.82, 2.24) is 9.97 Å². The summed E-state index contributed by atoms with van der Waals surface area (Å²) >= 11 is 0. The van der Waals surface area contributed by atoms with Crippen LogP contribution < -0.4 is 5.32 Å². The second-order valence-corrected chi connectivity index (χ2v) is 4.86. The predicted octanol–water partition coefficient (Wildman–Crippen LogP) is 3.52. The lowest BCUT2D eigenvalue weighted by Crippen LogP contribution is -2.08. The van der Waals surface area contributed by atoms with Crippen LogP contribution in [0.4, 0.5) is 5.82 Å². The van der Waals surface area contributed by atoms with Crippen LogP contribution in [-0.2, 0) is 6.42 Å². The molecule has 0 unspecified atom stereocenters. The molecule has 1 heterocycles. The van der Waals surface area contributed by atoms with Crippen molar-refractivity contribution in [2.75, 3.05) is 11.9 Å². The zero-order valence-electron chi connectivity index (χ0n) is 11.0. The Balaban J connectivity index is 2.18. The van der Waals surface area contributed by atoms with Gasteiger partial charge in [0.05, 0.1) is 0 Å². The Hall–Kier alpha value is -1.12. The summed E-state index contributed by atoms with van der Waals surface area (Å²) in [6, 6.07) is 2.16. The third-order valence-corrected chi connectivity index (χ3v) is 3.44. The molecule has 0 amide bonds. The van der Waals surface area contributed by atoms with Crippen LogP contribution in [0, 0.1) is 0 Å². The Morgan fingerprint density at radius 3 is 2.65 bits per heavy atom. The number of nitrogens with zero attached hydrogens (tertiary/aromatic N) is 2. The molecule has 0 atom stereocenters. The third-order valence-electron chi connectivity index (χ3n) is 3.44. The summed E-state index contributed by atoms with van der Waals surface area (Å²) in [6.07, 6.45) is 7.36. The average Bonchev–Trinajstić information content (AvgIpc) is 2.89. The van der Waals surface area contributed by atoms with E-state index >= 15 is 0 Å². The summed E-state index contributed by atoms with van der Waals surface area (Å²) in [5.41, 5.74) is 1.26. The molecule has 1 aromatic heterocycles. The monoisotopic (exact) mass is 233 g/mol. The number of nitrogens with one attached hydrogen (secondary N) is 1. The molecule has 0 aliphatic heterocycles. The van der Waals surface area contributed by atoms with E-state index in [9.17, 15) is 0 Å². The topological polar surface area (TPSA) is 37.8 Å². The zero-order chi connectivity index (χ0) is 12.1. The smallest absolute Gasteiger partial charge is 0.130 e. The van der Waals surface area contributed by atoms with Gasteiger partial charge >= 0.3 is 0 Å². The number of rotatable bonds is 5. The fourth-order valence-corrected chi connectivity index (χ4v) is 2.45. The van der Waals surface area contributed by atoms with Crippen LogP contribution in [0.15, 0.2) is 6.07 Å². The largest absolute Gasteiger partial charge is 0.370 e. The molecular weight excluding hydrogens is 210 g/mol. The van der Waals surface area contributed by atoms with Gasteiger partial charge in [0.15, 0.2) is 0 Å². The summed E-state index contributed by atoms with van der Waals surface area (Å²) in [5, 5.41) is 3.38. The van der Waals surface area contributed by atoms with Crippen LogP contribution in [-0.4, -0.2) is 16.5 Å². The van der Waals surface area contributed by atoms with Gasteiger partial charge in [0.1, 0.15) is 11.6 Å². The van der Waals surface area contributed by atoms with Gasteiger partial charge in [-0.05, 0) is 19.3 Å². The highest BCUT2D eigenvalue weighted by molar-refractivity contribution is 5.37. The Kier molecular flexibility index (Phi) is 4.35. The lowest BCUT2D eigenvalue weighted by molar-refractivity contribution is 0.685. The Bertz CT molecular complexity index is 356. The molecule has 1 fully saturated rings. The molecular formula is C14H23N3. The van der Waals surface area contributed by atoms with Gasteiger partial charge in [-0.1, -0.05) is 26.7 Å². The molecule has 94 valence electrons. The van der Waals surface area contributed by atoms with Crippen molar-refractivity contribution in [2.45, 2.75) is 58.3 Å². The SMILES string of the molecule is CCCNc1cc(C2CCCC2)nc(CC)n1. The first-order valence-electron chi connectivity index (χ1n) is 6.95. The van der Waals surface area contributed by atoms with E-state index in [4.69, 9.17) is 4.98 Å². The van der Waals surface area contributed by atoms with Crippen molar-refractivity contribution in [2.24, 2.45) is 0 Å². The van der Waals surface area contributed by atoms with E-state index in [0.717, 1.165) is 31.0 Å². The van der Waals surface area contributed by atoms with Crippen LogP contribution in [0.3, 0.4) is 0 Å². The molecule has 1 aromatic rings. The molecule has 1 saturated carbocycles. The fourth-order valence-electron chi connectivity index (χ4n) is 2.45. The van der Waals surface area contributed by atoms with Crippen LogP contribution in [0.25, 0.3) is 0 Å². The van der Waals surface area contributed by atoms with Gasteiger partial charge in [-0.3, -0.25) is 0 Å². The van der Waals surface area contributed by atoms with Crippen LogP contribution in [0.1, 0.15) is 63.4 Å². The summed E-state index contributed by atoms with van der Waals surface area (Å²) in [5.74, 6) is 2.67.